The lowest BCUT2D eigenvalue weighted by Gasteiger charge is -2.20. The molecule has 0 amide bonds. The van der Waals surface area contributed by atoms with Crippen LogP contribution in [-0.2, 0) is 9.47 Å². The van der Waals surface area contributed by atoms with Crippen LogP contribution in [0.25, 0.3) is 0 Å². The summed E-state index contributed by atoms with van der Waals surface area (Å²) in [5, 5.41) is 0. The van der Waals surface area contributed by atoms with E-state index in [4.69, 9.17) is 9.47 Å². The SMILES string of the molecule is CCCCCCCN(CC)COC(=O)c1cccc(C(=O)OCN(CC)CCCCCCC)c1. The average Bonchev–Trinajstić information content (AvgIpc) is 2.87. The van der Waals surface area contributed by atoms with Crippen LogP contribution in [0.3, 0.4) is 0 Å². The number of carbonyl (C=O) groups excluding carboxylic acids is 2. The predicted octanol–water partition coefficient (Wildman–Crippen LogP) is 6.50. The van der Waals surface area contributed by atoms with Gasteiger partial charge >= 0.3 is 11.9 Å². The van der Waals surface area contributed by atoms with Gasteiger partial charge in [-0.25, -0.2) is 9.59 Å². The first-order chi connectivity index (χ1) is 16.5. The maximum absolute atomic E-state index is 12.6. The van der Waals surface area contributed by atoms with Gasteiger partial charge in [-0.05, 0) is 44.1 Å². The molecule has 0 spiro atoms. The number of esters is 2. The molecule has 34 heavy (non-hydrogen) atoms. The Morgan fingerprint density at radius 2 is 1.06 bits per heavy atom. The smallest absolute Gasteiger partial charge is 0.339 e. The molecular formula is C28H48N2O4. The van der Waals surface area contributed by atoms with Gasteiger partial charge in [0.05, 0.1) is 11.1 Å². The average molecular weight is 477 g/mol. The van der Waals surface area contributed by atoms with E-state index in [9.17, 15) is 9.59 Å². The van der Waals surface area contributed by atoms with Gasteiger partial charge in [0.15, 0.2) is 0 Å². The number of hydrogen-bond donors (Lipinski definition) is 0. The molecule has 0 aromatic heterocycles. The molecule has 0 saturated carbocycles. The van der Waals surface area contributed by atoms with E-state index in [1.807, 2.05) is 0 Å². The Morgan fingerprint density at radius 3 is 1.44 bits per heavy atom. The standard InChI is InChI=1S/C28H48N2O4/c1-5-9-11-13-15-20-29(7-3)23-33-27(31)25-18-17-19-26(22-25)28(32)34-24-30(8-4)21-16-14-12-10-6-2/h17-19,22H,5-16,20-21,23-24H2,1-4H3. The van der Waals surface area contributed by atoms with E-state index in [0.29, 0.717) is 11.1 Å². The first-order valence-electron chi connectivity index (χ1n) is 13.4. The summed E-state index contributed by atoms with van der Waals surface area (Å²) in [5.74, 6) is -0.831. The summed E-state index contributed by atoms with van der Waals surface area (Å²) in [6.07, 6.45) is 12.2. The minimum Gasteiger partial charge on any atom is -0.446 e. The minimum atomic E-state index is -0.415. The van der Waals surface area contributed by atoms with Crippen molar-refractivity contribution in [1.82, 2.24) is 9.80 Å². The lowest BCUT2D eigenvalue weighted by molar-refractivity contribution is 0.0222. The Morgan fingerprint density at radius 1 is 0.647 bits per heavy atom. The molecular weight excluding hydrogens is 428 g/mol. The molecule has 0 radical (unpaired) electrons. The lowest BCUT2D eigenvalue weighted by Crippen LogP contribution is -2.29. The van der Waals surface area contributed by atoms with E-state index in [0.717, 1.165) is 39.0 Å². The van der Waals surface area contributed by atoms with Gasteiger partial charge in [0.2, 0.25) is 0 Å². The summed E-state index contributed by atoms with van der Waals surface area (Å²) >= 11 is 0. The van der Waals surface area contributed by atoms with Crippen molar-refractivity contribution in [3.05, 3.63) is 35.4 Å². The van der Waals surface area contributed by atoms with Crippen molar-refractivity contribution >= 4 is 11.9 Å². The van der Waals surface area contributed by atoms with E-state index in [-0.39, 0.29) is 13.5 Å². The normalized spacial score (nSPS) is 11.2. The molecule has 0 aliphatic carbocycles. The van der Waals surface area contributed by atoms with Crippen molar-refractivity contribution < 1.29 is 19.1 Å². The molecule has 0 aliphatic heterocycles. The van der Waals surface area contributed by atoms with E-state index in [1.165, 1.54) is 51.4 Å². The largest absolute Gasteiger partial charge is 0.446 e. The fraction of sp³-hybridized carbons (Fsp3) is 0.714. The molecule has 0 unspecified atom stereocenters. The third-order valence-corrected chi connectivity index (χ3v) is 6.14. The van der Waals surface area contributed by atoms with E-state index >= 15 is 0 Å². The molecule has 1 aromatic carbocycles. The Kier molecular flexibility index (Phi) is 17.2. The zero-order valence-electron chi connectivity index (χ0n) is 22.2. The summed E-state index contributed by atoms with van der Waals surface area (Å²) < 4.78 is 11.0. The molecule has 194 valence electrons. The third kappa shape index (κ3) is 13.1. The highest BCUT2D eigenvalue weighted by molar-refractivity contribution is 5.95. The predicted molar refractivity (Wildman–Crippen MR) is 139 cm³/mol. The molecule has 0 bridgehead atoms. The fourth-order valence-corrected chi connectivity index (χ4v) is 3.75. The molecule has 0 aliphatic rings. The molecule has 6 heteroatoms. The van der Waals surface area contributed by atoms with Crippen LogP contribution in [-0.4, -0.2) is 61.4 Å². The quantitative estimate of drug-likeness (QED) is 0.122. The molecule has 0 heterocycles. The highest BCUT2D eigenvalue weighted by Gasteiger charge is 2.15. The van der Waals surface area contributed by atoms with E-state index in [2.05, 4.69) is 37.5 Å². The van der Waals surface area contributed by atoms with Crippen molar-refractivity contribution in [2.75, 3.05) is 39.6 Å². The third-order valence-electron chi connectivity index (χ3n) is 6.14. The van der Waals surface area contributed by atoms with Gasteiger partial charge < -0.3 is 9.47 Å². The maximum Gasteiger partial charge on any atom is 0.339 e. The summed E-state index contributed by atoms with van der Waals surface area (Å²) in [7, 11) is 0. The lowest BCUT2D eigenvalue weighted by atomic mass is 10.1. The minimum absolute atomic E-state index is 0.265. The van der Waals surface area contributed by atoms with Crippen molar-refractivity contribution in [3.8, 4) is 0 Å². The second kappa shape index (κ2) is 19.4. The number of ether oxygens (including phenoxy) is 2. The zero-order valence-corrected chi connectivity index (χ0v) is 22.2. The molecule has 0 atom stereocenters. The number of nitrogens with zero attached hydrogens (tertiary/aromatic N) is 2. The number of carbonyl (C=O) groups is 2. The Labute approximate surface area is 208 Å². The number of benzene rings is 1. The Hall–Kier alpha value is -1.92. The van der Waals surface area contributed by atoms with Gasteiger partial charge in [0, 0.05) is 13.1 Å². The van der Waals surface area contributed by atoms with Crippen molar-refractivity contribution in [2.45, 2.75) is 91.9 Å². The van der Waals surface area contributed by atoms with E-state index < -0.39 is 11.9 Å². The van der Waals surface area contributed by atoms with Crippen molar-refractivity contribution in [1.29, 1.82) is 0 Å². The van der Waals surface area contributed by atoms with Crippen LogP contribution in [0.1, 0.15) is 113 Å². The van der Waals surface area contributed by atoms with Crippen LogP contribution < -0.4 is 0 Å². The van der Waals surface area contributed by atoms with Crippen LogP contribution in [0.15, 0.2) is 24.3 Å². The highest BCUT2D eigenvalue weighted by Crippen LogP contribution is 2.11. The topological polar surface area (TPSA) is 59.1 Å². The summed E-state index contributed by atoms with van der Waals surface area (Å²) in [5.41, 5.74) is 0.744. The van der Waals surface area contributed by atoms with Gasteiger partial charge in [-0.3, -0.25) is 9.80 Å². The zero-order chi connectivity index (χ0) is 25.0. The first-order valence-corrected chi connectivity index (χ1v) is 13.4. The van der Waals surface area contributed by atoms with E-state index in [1.54, 1.807) is 24.3 Å². The second-order valence-corrected chi connectivity index (χ2v) is 8.95. The van der Waals surface area contributed by atoms with Crippen molar-refractivity contribution in [3.63, 3.8) is 0 Å². The molecule has 1 aromatic rings. The first kappa shape index (κ1) is 30.1. The van der Waals surface area contributed by atoms with Crippen LogP contribution in [0, 0.1) is 0 Å². The summed E-state index contributed by atoms with van der Waals surface area (Å²) in [6, 6.07) is 6.61. The number of hydrogen-bond acceptors (Lipinski definition) is 6. The monoisotopic (exact) mass is 476 g/mol. The summed E-state index contributed by atoms with van der Waals surface area (Å²) in [4.78, 5) is 29.4. The van der Waals surface area contributed by atoms with Crippen LogP contribution in [0.5, 0.6) is 0 Å². The van der Waals surface area contributed by atoms with Gasteiger partial charge in [-0.15, -0.1) is 0 Å². The molecule has 6 nitrogen and oxygen atoms in total. The number of unbranched alkanes of at least 4 members (excludes halogenated alkanes) is 8. The molecule has 0 saturated heterocycles. The Balaban J connectivity index is 2.46. The van der Waals surface area contributed by atoms with Crippen molar-refractivity contribution in [2.24, 2.45) is 0 Å². The van der Waals surface area contributed by atoms with Crippen LogP contribution in [0.4, 0.5) is 0 Å². The highest BCUT2D eigenvalue weighted by atomic mass is 16.5. The Bertz CT molecular complexity index is 627. The number of rotatable bonds is 20. The maximum atomic E-state index is 12.6. The van der Waals surface area contributed by atoms with Crippen LogP contribution >= 0.6 is 0 Å². The van der Waals surface area contributed by atoms with Gasteiger partial charge in [-0.2, -0.15) is 0 Å². The van der Waals surface area contributed by atoms with Crippen LogP contribution in [0.2, 0.25) is 0 Å². The van der Waals surface area contributed by atoms with Gasteiger partial charge in [-0.1, -0.05) is 85.1 Å². The summed E-state index contributed by atoms with van der Waals surface area (Å²) in [6.45, 7) is 12.6. The molecule has 0 N–H and O–H groups in total. The second-order valence-electron chi connectivity index (χ2n) is 8.95. The molecule has 0 fully saturated rings. The fourth-order valence-electron chi connectivity index (χ4n) is 3.75. The van der Waals surface area contributed by atoms with Gasteiger partial charge in [0.25, 0.3) is 0 Å². The van der Waals surface area contributed by atoms with Gasteiger partial charge in [0.1, 0.15) is 13.5 Å². The molecule has 1 rings (SSSR count).